The van der Waals surface area contributed by atoms with E-state index in [4.69, 9.17) is 23.2 Å². The number of nitrogens with zero attached hydrogens (tertiary/aromatic N) is 2. The first-order valence-corrected chi connectivity index (χ1v) is 5.65. The van der Waals surface area contributed by atoms with E-state index in [2.05, 4.69) is 9.97 Å². The number of phenolic OH excluding ortho intramolecular Hbond substituents is 1. The molecule has 0 unspecified atom stereocenters. The quantitative estimate of drug-likeness (QED) is 0.629. The lowest BCUT2D eigenvalue weighted by molar-refractivity contribution is 0.480. The number of para-hydroxylation sites is 1. The topological polar surface area (TPSA) is 46.0 Å². The highest BCUT2D eigenvalue weighted by molar-refractivity contribution is 6.42. The number of benzene rings is 2. The van der Waals surface area contributed by atoms with Gasteiger partial charge in [-0.05, 0) is 24.3 Å². The molecule has 3 nitrogen and oxygen atoms in total. The van der Waals surface area contributed by atoms with Crippen LogP contribution in [-0.4, -0.2) is 15.1 Å². The third kappa shape index (κ3) is 1.68. The molecule has 0 radical (unpaired) electrons. The molecule has 3 aromatic rings. The van der Waals surface area contributed by atoms with Crippen LogP contribution >= 0.6 is 23.2 Å². The van der Waals surface area contributed by atoms with Gasteiger partial charge in [0.05, 0.1) is 26.6 Å². The molecule has 0 spiro atoms. The lowest BCUT2D eigenvalue weighted by Crippen LogP contribution is -1.88. The van der Waals surface area contributed by atoms with Crippen molar-refractivity contribution in [1.82, 2.24) is 9.97 Å². The van der Waals surface area contributed by atoms with E-state index in [1.165, 1.54) is 0 Å². The van der Waals surface area contributed by atoms with Crippen molar-refractivity contribution < 1.29 is 5.11 Å². The summed E-state index contributed by atoms with van der Waals surface area (Å²) in [5, 5.41) is 10.6. The Bertz CT molecular complexity index is 743. The van der Waals surface area contributed by atoms with Gasteiger partial charge in [0.2, 0.25) is 0 Å². The monoisotopic (exact) mass is 264 g/mol. The minimum absolute atomic E-state index is 0.1000. The third-order valence-electron chi connectivity index (χ3n) is 2.48. The van der Waals surface area contributed by atoms with Gasteiger partial charge in [-0.3, -0.25) is 0 Å². The summed E-state index contributed by atoms with van der Waals surface area (Å²) in [4.78, 5) is 8.70. The Labute approximate surface area is 107 Å². The molecule has 0 aliphatic carbocycles. The van der Waals surface area contributed by atoms with Gasteiger partial charge in [0.15, 0.2) is 0 Å². The number of phenols is 1. The van der Waals surface area contributed by atoms with Crippen molar-refractivity contribution in [2.45, 2.75) is 0 Å². The molecule has 0 aliphatic heterocycles. The van der Waals surface area contributed by atoms with Crippen LogP contribution in [-0.2, 0) is 0 Å². The number of fused-ring (bicyclic) bond motifs is 2. The molecule has 0 amide bonds. The van der Waals surface area contributed by atoms with Gasteiger partial charge in [0.25, 0.3) is 0 Å². The van der Waals surface area contributed by atoms with Gasteiger partial charge in [-0.1, -0.05) is 29.3 Å². The highest BCUT2D eigenvalue weighted by Gasteiger charge is 2.07. The van der Waals surface area contributed by atoms with Crippen molar-refractivity contribution in [3.63, 3.8) is 0 Å². The van der Waals surface area contributed by atoms with Crippen molar-refractivity contribution in [2.24, 2.45) is 0 Å². The van der Waals surface area contributed by atoms with Crippen LogP contribution < -0.4 is 0 Å². The molecule has 5 heteroatoms. The predicted octanol–water partition coefficient (Wildman–Crippen LogP) is 3.80. The van der Waals surface area contributed by atoms with Gasteiger partial charge in [0.1, 0.15) is 11.3 Å². The molecule has 0 saturated heterocycles. The fourth-order valence-corrected chi connectivity index (χ4v) is 2.00. The summed E-state index contributed by atoms with van der Waals surface area (Å²) in [5.41, 5.74) is 2.33. The van der Waals surface area contributed by atoms with E-state index in [9.17, 15) is 5.11 Å². The zero-order valence-electron chi connectivity index (χ0n) is 8.48. The zero-order valence-corrected chi connectivity index (χ0v) is 10.00. The van der Waals surface area contributed by atoms with E-state index in [-0.39, 0.29) is 5.75 Å². The van der Waals surface area contributed by atoms with Crippen LogP contribution in [0.25, 0.3) is 22.1 Å². The molecule has 2 aromatic carbocycles. The van der Waals surface area contributed by atoms with E-state index in [0.29, 0.717) is 32.1 Å². The summed E-state index contributed by atoms with van der Waals surface area (Å²) in [6, 6.07) is 8.37. The first-order chi connectivity index (χ1) is 8.15. The van der Waals surface area contributed by atoms with Crippen LogP contribution in [0.1, 0.15) is 0 Å². The highest BCUT2D eigenvalue weighted by atomic mass is 35.5. The van der Waals surface area contributed by atoms with Gasteiger partial charge < -0.3 is 5.11 Å². The summed E-state index contributed by atoms with van der Waals surface area (Å²) in [5.74, 6) is 0.1000. The molecule has 0 bridgehead atoms. The fourth-order valence-electron chi connectivity index (χ4n) is 1.68. The lowest BCUT2D eigenvalue weighted by atomic mass is 10.2. The predicted molar refractivity (Wildman–Crippen MR) is 68.7 cm³/mol. The largest absolute Gasteiger partial charge is 0.506 e. The Hall–Kier alpha value is -1.58. The summed E-state index contributed by atoms with van der Waals surface area (Å²) < 4.78 is 0. The molecule has 0 saturated carbocycles. The van der Waals surface area contributed by atoms with Crippen molar-refractivity contribution >= 4 is 45.3 Å². The Morgan fingerprint density at radius 2 is 1.53 bits per heavy atom. The Morgan fingerprint density at radius 3 is 2.24 bits per heavy atom. The molecular formula is C12H6Cl2N2O. The molecule has 0 fully saturated rings. The van der Waals surface area contributed by atoms with Crippen molar-refractivity contribution in [1.29, 1.82) is 0 Å². The fraction of sp³-hybridized carbons (Fsp3) is 0. The molecule has 0 atom stereocenters. The van der Waals surface area contributed by atoms with Crippen LogP contribution in [0, 0.1) is 0 Å². The van der Waals surface area contributed by atoms with Gasteiger partial charge in [-0.15, -0.1) is 0 Å². The van der Waals surface area contributed by atoms with Crippen molar-refractivity contribution in [2.75, 3.05) is 0 Å². The number of hydrogen-bond acceptors (Lipinski definition) is 3. The average molecular weight is 265 g/mol. The summed E-state index contributed by atoms with van der Waals surface area (Å²) in [6.45, 7) is 0. The minimum Gasteiger partial charge on any atom is -0.506 e. The lowest BCUT2D eigenvalue weighted by Gasteiger charge is -2.03. The van der Waals surface area contributed by atoms with Crippen LogP contribution in [0.4, 0.5) is 0 Å². The maximum Gasteiger partial charge on any atom is 0.143 e. The molecular weight excluding hydrogens is 259 g/mol. The molecule has 1 heterocycles. The second kappa shape index (κ2) is 3.72. The number of hydrogen-bond donors (Lipinski definition) is 1. The van der Waals surface area contributed by atoms with E-state index in [0.717, 1.165) is 0 Å². The van der Waals surface area contributed by atoms with E-state index < -0.39 is 0 Å². The summed E-state index contributed by atoms with van der Waals surface area (Å²) in [7, 11) is 0. The molecule has 3 rings (SSSR count). The highest BCUT2D eigenvalue weighted by Crippen LogP contribution is 2.29. The minimum atomic E-state index is 0.1000. The normalized spacial score (nSPS) is 11.2. The van der Waals surface area contributed by atoms with Gasteiger partial charge in [0, 0.05) is 0 Å². The van der Waals surface area contributed by atoms with Gasteiger partial charge in [-0.25, -0.2) is 9.97 Å². The van der Waals surface area contributed by atoms with E-state index >= 15 is 0 Å². The zero-order chi connectivity index (χ0) is 12.0. The van der Waals surface area contributed by atoms with Gasteiger partial charge >= 0.3 is 0 Å². The smallest absolute Gasteiger partial charge is 0.143 e. The molecule has 1 N–H and O–H groups in total. The maximum atomic E-state index is 9.69. The first kappa shape index (κ1) is 10.6. The van der Waals surface area contributed by atoms with E-state index in [1.54, 1.807) is 30.3 Å². The Kier molecular flexibility index (Phi) is 2.31. The first-order valence-electron chi connectivity index (χ1n) is 4.89. The average Bonchev–Trinajstić information content (AvgIpc) is 2.29. The van der Waals surface area contributed by atoms with Gasteiger partial charge in [-0.2, -0.15) is 0 Å². The maximum absolute atomic E-state index is 9.69. The van der Waals surface area contributed by atoms with Crippen LogP contribution in [0.2, 0.25) is 10.0 Å². The standard InChI is InChI=1S/C12H6Cl2N2O/c13-6-4-9-10(5-7(6)14)16-12-8(15-9)2-1-3-11(12)17/h1-5,17H. The summed E-state index contributed by atoms with van der Waals surface area (Å²) >= 11 is 11.8. The SMILES string of the molecule is Oc1cccc2nc3cc(Cl)c(Cl)cc3nc12. The second-order valence-corrected chi connectivity index (χ2v) is 4.44. The third-order valence-corrected chi connectivity index (χ3v) is 3.21. The second-order valence-electron chi connectivity index (χ2n) is 3.62. The number of rotatable bonds is 0. The van der Waals surface area contributed by atoms with Crippen LogP contribution in [0.3, 0.4) is 0 Å². The van der Waals surface area contributed by atoms with Crippen molar-refractivity contribution in [3.05, 3.63) is 40.4 Å². The molecule has 17 heavy (non-hydrogen) atoms. The van der Waals surface area contributed by atoms with Crippen molar-refractivity contribution in [3.8, 4) is 5.75 Å². The molecule has 1 aromatic heterocycles. The number of aromatic hydroxyl groups is 1. The molecule has 0 aliphatic rings. The van der Waals surface area contributed by atoms with Crippen LogP contribution in [0.15, 0.2) is 30.3 Å². The van der Waals surface area contributed by atoms with Crippen LogP contribution in [0.5, 0.6) is 5.75 Å². The molecule has 84 valence electrons. The summed E-state index contributed by atoms with van der Waals surface area (Å²) in [6.07, 6.45) is 0. The number of halogens is 2. The Morgan fingerprint density at radius 1 is 0.882 bits per heavy atom. The number of aromatic nitrogens is 2. The van der Waals surface area contributed by atoms with E-state index in [1.807, 2.05) is 0 Å². The Balaban J connectivity index is 2.48.